The molecule has 1 aromatic heterocycles. The first-order valence-electron chi connectivity index (χ1n) is 12.3. The molecule has 7 nitrogen and oxygen atoms in total. The van der Waals surface area contributed by atoms with Gasteiger partial charge in [-0.3, -0.25) is 19.7 Å². The summed E-state index contributed by atoms with van der Waals surface area (Å²) >= 11 is 1.66. The van der Waals surface area contributed by atoms with Crippen molar-refractivity contribution in [1.82, 2.24) is 9.80 Å². The number of benzene rings is 2. The fourth-order valence-corrected chi connectivity index (χ4v) is 4.68. The molecule has 0 aliphatic rings. The third kappa shape index (κ3) is 8.68. The second kappa shape index (κ2) is 13.5. The van der Waals surface area contributed by atoms with Gasteiger partial charge in [0, 0.05) is 41.1 Å². The van der Waals surface area contributed by atoms with Gasteiger partial charge in [-0.25, -0.2) is 0 Å². The van der Waals surface area contributed by atoms with Gasteiger partial charge in [0.1, 0.15) is 6.54 Å². The average Bonchev–Trinajstić information content (AvgIpc) is 3.31. The normalized spacial score (nSPS) is 11.9. The number of carbonyl (C=O) groups is 2. The van der Waals surface area contributed by atoms with Gasteiger partial charge in [0.25, 0.3) is 5.69 Å². The van der Waals surface area contributed by atoms with Crippen LogP contribution < -0.4 is 0 Å². The van der Waals surface area contributed by atoms with Gasteiger partial charge in [-0.2, -0.15) is 0 Å². The van der Waals surface area contributed by atoms with Crippen LogP contribution in [0.25, 0.3) is 6.08 Å². The second-order valence-corrected chi connectivity index (χ2v) is 10.5. The third-order valence-corrected chi connectivity index (χ3v) is 7.09. The number of nitro benzene ring substituents is 1. The van der Waals surface area contributed by atoms with Crippen LogP contribution in [0.15, 0.2) is 72.8 Å². The molecule has 194 valence electrons. The Morgan fingerprint density at radius 3 is 2.30 bits per heavy atom. The molecule has 8 heteroatoms. The quantitative estimate of drug-likeness (QED) is 0.165. The van der Waals surface area contributed by atoms with Crippen molar-refractivity contribution < 1.29 is 14.5 Å². The molecule has 0 aliphatic heterocycles. The molecule has 1 heterocycles. The molecule has 3 rings (SSSR count). The second-order valence-electron chi connectivity index (χ2n) is 9.16. The lowest BCUT2D eigenvalue weighted by molar-refractivity contribution is -0.384. The van der Waals surface area contributed by atoms with Crippen LogP contribution in [0.4, 0.5) is 5.69 Å². The van der Waals surface area contributed by atoms with Crippen molar-refractivity contribution in [2.75, 3.05) is 13.1 Å². The topological polar surface area (TPSA) is 83.8 Å². The van der Waals surface area contributed by atoms with E-state index in [9.17, 15) is 19.7 Å². The molecule has 0 unspecified atom stereocenters. The molecule has 0 bridgehead atoms. The lowest BCUT2D eigenvalue weighted by Gasteiger charge is -2.28. The first-order valence-corrected chi connectivity index (χ1v) is 13.1. The molecule has 2 amide bonds. The predicted molar refractivity (Wildman–Crippen MR) is 148 cm³/mol. The molecule has 0 fully saturated rings. The van der Waals surface area contributed by atoms with Gasteiger partial charge in [0.15, 0.2) is 0 Å². The predicted octanol–water partition coefficient (Wildman–Crippen LogP) is 6.08. The fraction of sp³-hybridized carbons (Fsp3) is 0.310. The summed E-state index contributed by atoms with van der Waals surface area (Å²) < 4.78 is 0. The molecule has 0 spiro atoms. The van der Waals surface area contributed by atoms with E-state index in [1.54, 1.807) is 39.3 Å². The van der Waals surface area contributed by atoms with Crippen LogP contribution in [-0.2, 0) is 22.7 Å². The van der Waals surface area contributed by atoms with E-state index in [-0.39, 0.29) is 30.0 Å². The van der Waals surface area contributed by atoms with Crippen LogP contribution in [0.3, 0.4) is 0 Å². The van der Waals surface area contributed by atoms with Gasteiger partial charge < -0.3 is 9.80 Å². The Bertz CT molecular complexity index is 1220. The molecule has 0 saturated carbocycles. The van der Waals surface area contributed by atoms with E-state index < -0.39 is 4.92 Å². The third-order valence-electron chi connectivity index (χ3n) is 6.10. The van der Waals surface area contributed by atoms with Crippen LogP contribution in [-0.4, -0.2) is 39.6 Å². The molecular formula is C29H33N3O4S. The smallest absolute Gasteiger partial charge is 0.269 e. The number of hydrogen-bond donors (Lipinski definition) is 0. The number of nitrogens with zero attached hydrogens (tertiary/aromatic N) is 3. The maximum absolute atomic E-state index is 13.6. The van der Waals surface area contributed by atoms with E-state index in [2.05, 4.69) is 13.8 Å². The number of hydrogen-bond acceptors (Lipinski definition) is 5. The largest absolute Gasteiger partial charge is 0.332 e. The van der Waals surface area contributed by atoms with Gasteiger partial charge in [-0.05, 0) is 54.3 Å². The van der Waals surface area contributed by atoms with E-state index in [1.807, 2.05) is 49.4 Å². The molecule has 37 heavy (non-hydrogen) atoms. The van der Waals surface area contributed by atoms with Crippen molar-refractivity contribution in [1.29, 1.82) is 0 Å². The van der Waals surface area contributed by atoms with Gasteiger partial charge in [0.05, 0.1) is 11.5 Å². The molecule has 0 N–H and O–H groups in total. The SMILES string of the molecule is CC[C@@H](C)CN(CC(=O)N(Cc1ccccc1)Cc1ccc(C)s1)C(=O)/C=C/c1ccc([N+](=O)[O-])cc1. The summed E-state index contributed by atoms with van der Waals surface area (Å²) in [4.78, 5) is 42.8. The zero-order valence-electron chi connectivity index (χ0n) is 21.5. The molecule has 0 saturated heterocycles. The van der Waals surface area contributed by atoms with Crippen LogP contribution in [0.5, 0.6) is 0 Å². The number of non-ortho nitro benzene ring substituents is 1. The minimum atomic E-state index is -0.461. The highest BCUT2D eigenvalue weighted by Crippen LogP contribution is 2.19. The first kappa shape index (κ1) is 27.8. The highest BCUT2D eigenvalue weighted by atomic mass is 32.1. The van der Waals surface area contributed by atoms with Crippen molar-refractivity contribution >= 4 is 34.9 Å². The number of rotatable bonds is 12. The van der Waals surface area contributed by atoms with Crippen molar-refractivity contribution in [2.45, 2.75) is 40.3 Å². The Morgan fingerprint density at radius 1 is 1.00 bits per heavy atom. The first-order chi connectivity index (χ1) is 17.7. The van der Waals surface area contributed by atoms with Crippen molar-refractivity contribution in [3.63, 3.8) is 0 Å². The van der Waals surface area contributed by atoms with Crippen molar-refractivity contribution in [3.05, 3.63) is 104 Å². The Hall–Kier alpha value is -3.78. The van der Waals surface area contributed by atoms with E-state index in [0.717, 1.165) is 16.9 Å². The zero-order chi connectivity index (χ0) is 26.8. The molecule has 1 atom stereocenters. The summed E-state index contributed by atoms with van der Waals surface area (Å²) in [7, 11) is 0. The maximum atomic E-state index is 13.6. The minimum absolute atomic E-state index is 0.00749. The molecule has 0 radical (unpaired) electrons. The highest BCUT2D eigenvalue weighted by Gasteiger charge is 2.22. The number of carbonyl (C=O) groups excluding carboxylic acids is 2. The summed E-state index contributed by atoms with van der Waals surface area (Å²) in [5, 5.41) is 10.9. The number of amides is 2. The van der Waals surface area contributed by atoms with E-state index in [4.69, 9.17) is 0 Å². The minimum Gasteiger partial charge on any atom is -0.332 e. The zero-order valence-corrected chi connectivity index (χ0v) is 22.3. The average molecular weight is 520 g/mol. The summed E-state index contributed by atoms with van der Waals surface area (Å²) in [5.41, 5.74) is 1.70. The molecule has 2 aromatic carbocycles. The summed E-state index contributed by atoms with van der Waals surface area (Å²) in [6.07, 6.45) is 3.93. The number of thiophene rings is 1. The van der Waals surface area contributed by atoms with E-state index in [0.29, 0.717) is 25.2 Å². The van der Waals surface area contributed by atoms with Crippen molar-refractivity contribution in [2.24, 2.45) is 5.92 Å². The van der Waals surface area contributed by atoms with Crippen LogP contribution >= 0.6 is 11.3 Å². The Kier molecular flexibility index (Phi) is 10.1. The Labute approximate surface area is 222 Å². The van der Waals surface area contributed by atoms with E-state index in [1.165, 1.54) is 23.1 Å². The van der Waals surface area contributed by atoms with Crippen LogP contribution in [0.1, 0.15) is 41.1 Å². The van der Waals surface area contributed by atoms with Gasteiger partial charge in [-0.1, -0.05) is 50.6 Å². The number of nitro groups is 1. The monoisotopic (exact) mass is 519 g/mol. The molecule has 3 aromatic rings. The van der Waals surface area contributed by atoms with Crippen LogP contribution in [0.2, 0.25) is 0 Å². The van der Waals surface area contributed by atoms with Gasteiger partial charge >= 0.3 is 0 Å². The summed E-state index contributed by atoms with van der Waals surface area (Å²) in [6, 6.07) is 19.9. The lowest BCUT2D eigenvalue weighted by atomic mass is 10.1. The molecule has 0 aliphatic carbocycles. The maximum Gasteiger partial charge on any atom is 0.269 e. The van der Waals surface area contributed by atoms with Crippen LogP contribution in [0, 0.1) is 23.0 Å². The number of aryl methyl sites for hydroxylation is 1. The van der Waals surface area contributed by atoms with Gasteiger partial charge in [-0.15, -0.1) is 11.3 Å². The highest BCUT2D eigenvalue weighted by molar-refractivity contribution is 7.11. The van der Waals surface area contributed by atoms with Gasteiger partial charge in [0.2, 0.25) is 11.8 Å². The summed E-state index contributed by atoms with van der Waals surface area (Å²) in [6.45, 7) is 7.54. The standard InChI is InChI=1S/C29H33N3O4S/c1-4-22(2)18-30(28(33)17-13-24-11-14-26(15-12-24)32(35)36)21-29(34)31(19-25-8-6-5-7-9-25)20-27-16-10-23(3)37-27/h5-17,22H,4,18-21H2,1-3H3/b17-13+/t22-/m1/s1. The Balaban J connectivity index is 1.77. The summed E-state index contributed by atoms with van der Waals surface area (Å²) in [5.74, 6) is -0.152. The molecular weight excluding hydrogens is 486 g/mol. The fourth-order valence-electron chi connectivity index (χ4n) is 3.78. The lowest BCUT2D eigenvalue weighted by Crippen LogP contribution is -2.43. The Morgan fingerprint density at radius 2 is 1.70 bits per heavy atom. The van der Waals surface area contributed by atoms with Crippen molar-refractivity contribution in [3.8, 4) is 0 Å². The van der Waals surface area contributed by atoms with E-state index >= 15 is 0 Å².